The largest absolute Gasteiger partial charge is 0.309 e. The molecule has 2 aliphatic carbocycles. The SMILES string of the molecule is c1ccc(-n2c3ccccc3c3cc4c(cc32)-c2c(ccc3c2sc2ccccc23)-c2ccc3c(sc5ccccc53)c2-c2cc3c(cc2-4)-c2ccccc2C3)cc1. The summed E-state index contributed by atoms with van der Waals surface area (Å²) < 4.78 is 7.84. The summed E-state index contributed by atoms with van der Waals surface area (Å²) in [5, 5.41) is 7.85. The zero-order valence-corrected chi connectivity index (χ0v) is 32.8. The molecule has 3 heteroatoms. The van der Waals surface area contributed by atoms with E-state index in [-0.39, 0.29) is 0 Å². The van der Waals surface area contributed by atoms with Gasteiger partial charge in [-0.25, -0.2) is 0 Å². The Morgan fingerprint density at radius 2 is 0.914 bits per heavy atom. The van der Waals surface area contributed by atoms with Crippen molar-refractivity contribution in [2.24, 2.45) is 0 Å². The minimum absolute atomic E-state index is 0.950. The van der Waals surface area contributed by atoms with Crippen LogP contribution >= 0.6 is 22.7 Å². The van der Waals surface area contributed by atoms with Crippen molar-refractivity contribution in [1.29, 1.82) is 0 Å². The molecule has 0 atom stereocenters. The molecule has 9 aromatic carbocycles. The molecule has 268 valence electrons. The van der Waals surface area contributed by atoms with E-state index >= 15 is 0 Å². The summed E-state index contributed by atoms with van der Waals surface area (Å²) >= 11 is 3.88. The first-order chi connectivity index (χ1) is 28.8. The predicted octanol–water partition coefficient (Wildman–Crippen LogP) is 16.1. The van der Waals surface area contributed by atoms with E-state index in [0.717, 1.165) is 6.42 Å². The van der Waals surface area contributed by atoms with Crippen molar-refractivity contribution >= 4 is 84.8 Å². The van der Waals surface area contributed by atoms with Gasteiger partial charge in [-0.1, -0.05) is 121 Å². The zero-order valence-electron chi connectivity index (χ0n) is 31.2. The molecule has 0 N–H and O–H groups in total. The van der Waals surface area contributed by atoms with Crippen molar-refractivity contribution in [3.8, 4) is 61.3 Å². The van der Waals surface area contributed by atoms with Gasteiger partial charge in [0.25, 0.3) is 0 Å². The summed E-state index contributed by atoms with van der Waals surface area (Å²) in [7, 11) is 0. The van der Waals surface area contributed by atoms with Crippen LogP contribution in [0.1, 0.15) is 11.1 Å². The molecule has 3 aromatic heterocycles. The van der Waals surface area contributed by atoms with E-state index in [1.54, 1.807) is 0 Å². The van der Waals surface area contributed by atoms with E-state index < -0.39 is 0 Å². The third kappa shape index (κ3) is 4.09. The van der Waals surface area contributed by atoms with E-state index in [2.05, 4.69) is 180 Å². The molecule has 3 heterocycles. The van der Waals surface area contributed by atoms with E-state index in [9.17, 15) is 0 Å². The summed E-state index contributed by atoms with van der Waals surface area (Å²) in [6.07, 6.45) is 0.950. The molecule has 2 aliphatic rings. The van der Waals surface area contributed by atoms with Crippen molar-refractivity contribution in [3.05, 3.63) is 187 Å². The minimum Gasteiger partial charge on any atom is -0.309 e. The van der Waals surface area contributed by atoms with Crippen LogP contribution in [-0.4, -0.2) is 4.57 Å². The Hall–Kier alpha value is -6.78. The number of hydrogen-bond donors (Lipinski definition) is 0. The first-order valence-electron chi connectivity index (χ1n) is 20.0. The molecule has 0 spiro atoms. The fourth-order valence-corrected chi connectivity index (χ4v) is 13.0. The first-order valence-corrected chi connectivity index (χ1v) is 21.7. The number of fused-ring (bicyclic) bond motifs is 22. The van der Waals surface area contributed by atoms with Gasteiger partial charge >= 0.3 is 0 Å². The van der Waals surface area contributed by atoms with Crippen LogP contribution in [0.15, 0.2) is 176 Å². The van der Waals surface area contributed by atoms with Crippen molar-refractivity contribution in [2.75, 3.05) is 0 Å². The molecule has 0 saturated heterocycles. The number of nitrogens with zero attached hydrogens (tertiary/aromatic N) is 1. The van der Waals surface area contributed by atoms with E-state index in [1.165, 1.54) is 135 Å². The van der Waals surface area contributed by atoms with Crippen molar-refractivity contribution in [2.45, 2.75) is 6.42 Å². The molecule has 0 aliphatic heterocycles. The van der Waals surface area contributed by atoms with Gasteiger partial charge in [-0.2, -0.15) is 0 Å². The van der Waals surface area contributed by atoms with Gasteiger partial charge in [0.05, 0.1) is 11.0 Å². The van der Waals surface area contributed by atoms with Gasteiger partial charge in [0.15, 0.2) is 0 Å². The van der Waals surface area contributed by atoms with Gasteiger partial charge in [-0.3, -0.25) is 0 Å². The molecule has 0 fully saturated rings. The van der Waals surface area contributed by atoms with E-state index in [0.29, 0.717) is 0 Å². The number of hydrogen-bond acceptors (Lipinski definition) is 2. The average molecular weight is 770 g/mol. The minimum atomic E-state index is 0.950. The quantitative estimate of drug-likeness (QED) is 0.157. The molecular weight excluding hydrogens is 739 g/mol. The third-order valence-electron chi connectivity index (χ3n) is 13.0. The maximum atomic E-state index is 2.57. The molecule has 14 rings (SSSR count). The molecule has 12 aromatic rings. The maximum absolute atomic E-state index is 2.57. The standard InChI is InChI=1S/C55H31NS2/c1-2-13-33(14-3-1)56-48-19-9-6-16-35(48)45-29-44-43-28-42-32(26-31-12-4-5-15-34(31)42)27-46(43)52-38(22-24-40-36-17-7-10-20-50(36)57-54(40)52)39-23-25-41-37-18-8-11-21-51(37)58-55(41)53(39)47(44)30-49(45)56/h1-25,27-30H,26H2. The van der Waals surface area contributed by atoms with Crippen LogP contribution in [0.4, 0.5) is 0 Å². The Morgan fingerprint density at radius 1 is 0.328 bits per heavy atom. The number of thiophene rings is 2. The van der Waals surface area contributed by atoms with Crippen molar-refractivity contribution < 1.29 is 0 Å². The van der Waals surface area contributed by atoms with Gasteiger partial charge in [-0.05, 0) is 117 Å². The predicted molar refractivity (Wildman–Crippen MR) is 250 cm³/mol. The summed E-state index contributed by atoms with van der Waals surface area (Å²) in [6, 6.07) is 66.7. The van der Waals surface area contributed by atoms with Gasteiger partial charge in [0, 0.05) is 67.9 Å². The summed E-state index contributed by atoms with van der Waals surface area (Å²) in [6.45, 7) is 0. The summed E-state index contributed by atoms with van der Waals surface area (Å²) in [5.74, 6) is 0. The fourth-order valence-electron chi connectivity index (χ4n) is 10.5. The summed E-state index contributed by atoms with van der Waals surface area (Å²) in [5.41, 5.74) is 19.7. The second kappa shape index (κ2) is 11.4. The molecule has 0 radical (unpaired) electrons. The van der Waals surface area contributed by atoms with Crippen LogP contribution < -0.4 is 0 Å². The number of para-hydroxylation sites is 2. The monoisotopic (exact) mass is 769 g/mol. The first kappa shape index (κ1) is 31.3. The highest BCUT2D eigenvalue weighted by Crippen LogP contribution is 2.57. The van der Waals surface area contributed by atoms with Gasteiger partial charge in [0.2, 0.25) is 0 Å². The molecule has 58 heavy (non-hydrogen) atoms. The highest BCUT2D eigenvalue weighted by atomic mass is 32.1. The Labute approximate surface area is 342 Å². The molecule has 0 amide bonds. The van der Waals surface area contributed by atoms with Crippen molar-refractivity contribution in [3.63, 3.8) is 0 Å². The number of aromatic nitrogens is 1. The highest BCUT2D eigenvalue weighted by molar-refractivity contribution is 7.27. The van der Waals surface area contributed by atoms with E-state index in [4.69, 9.17) is 0 Å². The van der Waals surface area contributed by atoms with Gasteiger partial charge < -0.3 is 4.57 Å². The Morgan fingerprint density at radius 3 is 1.64 bits per heavy atom. The van der Waals surface area contributed by atoms with Crippen LogP contribution in [0, 0.1) is 0 Å². The maximum Gasteiger partial charge on any atom is 0.0547 e. The Kier molecular flexibility index (Phi) is 6.17. The lowest BCUT2D eigenvalue weighted by atomic mass is 9.78. The fraction of sp³-hybridized carbons (Fsp3) is 0.0182. The average Bonchev–Trinajstić information content (AvgIpc) is 4.03. The smallest absolute Gasteiger partial charge is 0.0547 e. The second-order valence-electron chi connectivity index (χ2n) is 15.9. The lowest BCUT2D eigenvalue weighted by Gasteiger charge is -2.25. The van der Waals surface area contributed by atoms with Crippen LogP contribution in [-0.2, 0) is 6.42 Å². The molecule has 0 bridgehead atoms. The van der Waals surface area contributed by atoms with Crippen LogP contribution in [0.5, 0.6) is 0 Å². The molecule has 0 saturated carbocycles. The zero-order chi connectivity index (χ0) is 37.6. The Balaban J connectivity index is 1.23. The van der Waals surface area contributed by atoms with Crippen LogP contribution in [0.25, 0.3) is 123 Å². The summed E-state index contributed by atoms with van der Waals surface area (Å²) in [4.78, 5) is 0. The number of benzene rings is 9. The van der Waals surface area contributed by atoms with Gasteiger partial charge in [-0.15, -0.1) is 22.7 Å². The highest BCUT2D eigenvalue weighted by Gasteiger charge is 2.31. The number of rotatable bonds is 1. The molecule has 1 nitrogen and oxygen atoms in total. The topological polar surface area (TPSA) is 4.93 Å². The lowest BCUT2D eigenvalue weighted by Crippen LogP contribution is -2.00. The lowest BCUT2D eigenvalue weighted by molar-refractivity contribution is 1.18. The molecular formula is C55H31NS2. The molecule has 0 unspecified atom stereocenters. The Bertz CT molecular complexity index is 3760. The van der Waals surface area contributed by atoms with Crippen molar-refractivity contribution in [1.82, 2.24) is 4.57 Å². The van der Waals surface area contributed by atoms with Crippen LogP contribution in [0.3, 0.4) is 0 Å². The third-order valence-corrected chi connectivity index (χ3v) is 15.4. The van der Waals surface area contributed by atoms with Gasteiger partial charge in [0.1, 0.15) is 0 Å². The van der Waals surface area contributed by atoms with E-state index in [1.807, 2.05) is 22.7 Å². The van der Waals surface area contributed by atoms with Crippen LogP contribution in [0.2, 0.25) is 0 Å². The normalized spacial score (nSPS) is 12.8. The second-order valence-corrected chi connectivity index (χ2v) is 18.0.